The quantitative estimate of drug-likeness (QED) is 0.730. The van der Waals surface area contributed by atoms with Crippen LogP contribution in [0.15, 0.2) is 47.3 Å². The van der Waals surface area contributed by atoms with E-state index in [1.807, 2.05) is 30.3 Å². The maximum atomic E-state index is 13.2. The van der Waals surface area contributed by atoms with Crippen molar-refractivity contribution >= 4 is 16.0 Å². The van der Waals surface area contributed by atoms with Gasteiger partial charge in [-0.05, 0) is 17.7 Å². The van der Waals surface area contributed by atoms with Gasteiger partial charge < -0.3 is 14.4 Å². The van der Waals surface area contributed by atoms with Crippen LogP contribution in [0.4, 0.5) is 0 Å². The Hall–Kier alpha value is -2.49. The first-order chi connectivity index (χ1) is 13.8. The van der Waals surface area contributed by atoms with E-state index in [-0.39, 0.29) is 18.7 Å². The van der Waals surface area contributed by atoms with Crippen LogP contribution >= 0.6 is 0 Å². The van der Waals surface area contributed by atoms with Gasteiger partial charge in [0.15, 0.2) is 0 Å². The summed E-state index contributed by atoms with van der Waals surface area (Å²) in [7, 11) is -2.63. The van der Waals surface area contributed by atoms with Crippen molar-refractivity contribution < 1.29 is 23.1 Å². The molecule has 8 nitrogen and oxygen atoms in total. The van der Waals surface area contributed by atoms with Crippen LogP contribution < -0.4 is 5.56 Å². The molecule has 0 bridgehead atoms. The maximum absolute atomic E-state index is 13.2. The first kappa shape index (κ1) is 19.8. The number of carbonyl (C=O) groups excluding carboxylic acids is 1. The fraction of sp³-hybridized carbons (Fsp3) is 0.400. The largest absolute Gasteiger partial charge is 0.468 e. The summed E-state index contributed by atoms with van der Waals surface area (Å²) in [6, 6.07) is 10.8. The van der Waals surface area contributed by atoms with Gasteiger partial charge in [-0.15, -0.1) is 0 Å². The van der Waals surface area contributed by atoms with E-state index in [1.165, 1.54) is 7.11 Å². The van der Waals surface area contributed by atoms with E-state index in [4.69, 9.17) is 4.74 Å². The first-order valence-corrected chi connectivity index (χ1v) is 11.1. The van der Waals surface area contributed by atoms with Gasteiger partial charge in [0.25, 0.3) is 5.56 Å². The fourth-order valence-electron chi connectivity index (χ4n) is 4.74. The van der Waals surface area contributed by atoms with Crippen LogP contribution in [0.5, 0.6) is 0 Å². The highest BCUT2D eigenvalue weighted by Crippen LogP contribution is 2.50. The normalized spacial score (nSPS) is 26.2. The number of aliphatic hydroxyl groups is 1. The molecular weight excluding hydrogens is 396 g/mol. The second kappa shape index (κ2) is 7.08. The summed E-state index contributed by atoms with van der Waals surface area (Å²) in [6.45, 7) is -0.161. The van der Waals surface area contributed by atoms with Crippen molar-refractivity contribution in [2.45, 2.75) is 18.6 Å². The minimum atomic E-state index is -3.82. The van der Waals surface area contributed by atoms with Crippen molar-refractivity contribution in [2.24, 2.45) is 11.8 Å². The van der Waals surface area contributed by atoms with Gasteiger partial charge in [-0.3, -0.25) is 9.59 Å². The molecule has 2 aliphatic heterocycles. The number of hydrogen-bond acceptors (Lipinski definition) is 6. The highest BCUT2D eigenvalue weighted by atomic mass is 32.2. The predicted octanol–water partition coefficient (Wildman–Crippen LogP) is 0.612. The molecule has 1 aromatic carbocycles. The van der Waals surface area contributed by atoms with Crippen LogP contribution in [-0.2, 0) is 26.1 Å². The summed E-state index contributed by atoms with van der Waals surface area (Å²) in [5, 5.41) is 9.98. The van der Waals surface area contributed by atoms with Gasteiger partial charge in [0, 0.05) is 36.2 Å². The first-order valence-electron chi connectivity index (χ1n) is 9.26. The maximum Gasteiger partial charge on any atom is 0.324 e. The Morgan fingerprint density at radius 2 is 1.90 bits per heavy atom. The molecule has 1 aromatic heterocycles. The number of sulfonamides is 1. The molecule has 0 saturated carbocycles. The van der Waals surface area contributed by atoms with Gasteiger partial charge in [0.2, 0.25) is 10.0 Å². The predicted molar refractivity (Wildman–Crippen MR) is 105 cm³/mol. The lowest BCUT2D eigenvalue weighted by Gasteiger charge is -2.27. The van der Waals surface area contributed by atoms with Crippen LogP contribution in [-0.4, -0.2) is 54.4 Å². The summed E-state index contributed by atoms with van der Waals surface area (Å²) in [4.78, 5) is 25.5. The number of nitrogens with zero attached hydrogens (tertiary/aromatic N) is 2. The van der Waals surface area contributed by atoms with Crippen molar-refractivity contribution in [3.05, 3.63) is 58.5 Å². The van der Waals surface area contributed by atoms with Crippen LogP contribution in [0.25, 0.3) is 11.1 Å². The third-order valence-electron chi connectivity index (χ3n) is 5.94. The lowest BCUT2D eigenvalue weighted by molar-refractivity contribution is -0.146. The molecule has 4 atom stereocenters. The zero-order valence-corrected chi connectivity index (χ0v) is 16.9. The van der Waals surface area contributed by atoms with Crippen LogP contribution in [0.2, 0.25) is 0 Å². The monoisotopic (exact) mass is 418 g/mol. The third kappa shape index (κ3) is 3.00. The molecule has 0 unspecified atom stereocenters. The standard InChI is InChI=1S/C20H22N2O6S/c1-28-20(25)18-15(11-23)14-10-21-16(17(14)22(18)29(2,26)27)9-8-13(19(21)24)12-6-4-3-5-7-12/h3-9,14-15,17-18,23H,10-11H2,1-2H3/t14-,15-,17+,18-/m1/s1. The molecule has 2 aliphatic rings. The SMILES string of the molecule is COC(=O)[C@H]1[C@H](CO)[C@H]2Cn3c(ccc(-c4ccccc4)c3=O)[C@H]2N1S(C)(=O)=O. The Morgan fingerprint density at radius 1 is 1.21 bits per heavy atom. The Labute approximate surface area is 168 Å². The Kier molecular flexibility index (Phi) is 4.84. The van der Waals surface area contributed by atoms with Crippen molar-refractivity contribution in [3.8, 4) is 11.1 Å². The molecule has 0 spiro atoms. The molecule has 1 N–H and O–H groups in total. The minimum Gasteiger partial charge on any atom is -0.468 e. The topological polar surface area (TPSA) is 106 Å². The fourth-order valence-corrected chi connectivity index (χ4v) is 6.07. The molecule has 1 fully saturated rings. The van der Waals surface area contributed by atoms with E-state index >= 15 is 0 Å². The number of hydrogen-bond donors (Lipinski definition) is 1. The number of methoxy groups -OCH3 is 1. The number of rotatable bonds is 4. The summed E-state index contributed by atoms with van der Waals surface area (Å²) in [5.74, 6) is -1.78. The van der Waals surface area contributed by atoms with E-state index in [0.717, 1.165) is 16.1 Å². The number of ether oxygens (including phenoxy) is 1. The van der Waals surface area contributed by atoms with Gasteiger partial charge in [-0.25, -0.2) is 8.42 Å². The van der Waals surface area contributed by atoms with E-state index in [9.17, 15) is 23.1 Å². The number of pyridine rings is 1. The Balaban J connectivity index is 1.87. The average molecular weight is 418 g/mol. The number of benzene rings is 1. The van der Waals surface area contributed by atoms with Crippen LogP contribution in [0, 0.1) is 11.8 Å². The number of esters is 1. The summed E-state index contributed by atoms with van der Waals surface area (Å²) in [6.07, 6.45) is 1.03. The van der Waals surface area contributed by atoms with Gasteiger partial charge in [0.1, 0.15) is 6.04 Å². The molecular formula is C20H22N2O6S. The molecule has 2 aromatic rings. The van der Waals surface area contributed by atoms with Crippen molar-refractivity contribution in [3.63, 3.8) is 0 Å². The van der Waals surface area contributed by atoms with Gasteiger partial charge in [-0.2, -0.15) is 4.31 Å². The van der Waals surface area contributed by atoms with Gasteiger partial charge in [-0.1, -0.05) is 30.3 Å². The summed E-state index contributed by atoms with van der Waals surface area (Å²) in [5.41, 5.74) is 1.60. The lowest BCUT2D eigenvalue weighted by Crippen LogP contribution is -2.46. The molecule has 0 aliphatic carbocycles. The van der Waals surface area contributed by atoms with Gasteiger partial charge in [0.05, 0.1) is 19.4 Å². The number of carbonyl (C=O) groups is 1. The molecule has 4 rings (SSSR count). The highest BCUT2D eigenvalue weighted by molar-refractivity contribution is 7.88. The third-order valence-corrected chi connectivity index (χ3v) is 7.16. The molecule has 1 saturated heterocycles. The van der Waals surface area contributed by atoms with Crippen LogP contribution in [0.1, 0.15) is 11.7 Å². The second-order valence-corrected chi connectivity index (χ2v) is 9.36. The van der Waals surface area contributed by atoms with Crippen LogP contribution in [0.3, 0.4) is 0 Å². The lowest BCUT2D eigenvalue weighted by atomic mass is 9.88. The zero-order valence-electron chi connectivity index (χ0n) is 16.1. The van der Waals surface area contributed by atoms with E-state index < -0.39 is 39.9 Å². The molecule has 3 heterocycles. The number of fused-ring (bicyclic) bond motifs is 3. The minimum absolute atomic E-state index is 0.220. The Bertz CT molecular complexity index is 1110. The molecule has 9 heteroatoms. The van der Waals surface area contributed by atoms with Crippen molar-refractivity contribution in [2.75, 3.05) is 20.0 Å². The van der Waals surface area contributed by atoms with E-state index in [0.29, 0.717) is 11.3 Å². The molecule has 29 heavy (non-hydrogen) atoms. The zero-order chi connectivity index (χ0) is 20.9. The molecule has 154 valence electrons. The molecule has 0 amide bonds. The van der Waals surface area contributed by atoms with E-state index in [1.54, 1.807) is 16.7 Å². The summed E-state index contributed by atoms with van der Waals surface area (Å²) >= 11 is 0. The molecule has 0 radical (unpaired) electrons. The Morgan fingerprint density at radius 3 is 2.48 bits per heavy atom. The smallest absolute Gasteiger partial charge is 0.324 e. The average Bonchev–Trinajstić information content (AvgIpc) is 3.22. The highest BCUT2D eigenvalue weighted by Gasteiger charge is 2.59. The van der Waals surface area contributed by atoms with Gasteiger partial charge >= 0.3 is 5.97 Å². The summed E-state index contributed by atoms with van der Waals surface area (Å²) < 4.78 is 32.7. The number of aromatic nitrogens is 1. The van der Waals surface area contributed by atoms with Crippen molar-refractivity contribution in [1.29, 1.82) is 0 Å². The number of aliphatic hydroxyl groups excluding tert-OH is 1. The van der Waals surface area contributed by atoms with E-state index in [2.05, 4.69) is 0 Å². The van der Waals surface area contributed by atoms with Crippen molar-refractivity contribution in [1.82, 2.24) is 8.87 Å². The second-order valence-electron chi connectivity index (χ2n) is 7.47.